The number of carbonyl (C=O) groups is 1. The van der Waals surface area contributed by atoms with Gasteiger partial charge >= 0.3 is 5.97 Å². The minimum absolute atomic E-state index is 0.0236. The molecule has 2 heterocycles. The summed E-state index contributed by atoms with van der Waals surface area (Å²) in [6, 6.07) is 13.6. The number of ether oxygens (including phenoxy) is 2. The van der Waals surface area contributed by atoms with Crippen LogP contribution in [0.4, 0.5) is 5.69 Å². The van der Waals surface area contributed by atoms with Gasteiger partial charge < -0.3 is 9.47 Å². The lowest BCUT2D eigenvalue weighted by molar-refractivity contribution is -0.384. The maximum atomic E-state index is 12.4. The fraction of sp³-hybridized carbons (Fsp3) is 0.316. The van der Waals surface area contributed by atoms with Gasteiger partial charge in [0.25, 0.3) is 5.69 Å². The standard InChI is InChI=1S/C19H18N2O5/c1-25-19(22)18-16(11-6-8-12(9-7-11)21(23)24)14-10-26-15-5-3-2-4-13(15)17(14)20-18/h2-9,14,16-18,20H,10H2,1H3/t14-,16-,17+,18+/m1/s1. The molecule has 0 aromatic heterocycles. The molecule has 26 heavy (non-hydrogen) atoms. The van der Waals surface area contributed by atoms with Crippen LogP contribution >= 0.6 is 0 Å². The molecule has 2 aromatic carbocycles. The smallest absolute Gasteiger partial charge is 0.323 e. The zero-order chi connectivity index (χ0) is 18.3. The van der Waals surface area contributed by atoms with Gasteiger partial charge in [0.2, 0.25) is 0 Å². The van der Waals surface area contributed by atoms with Crippen molar-refractivity contribution in [1.82, 2.24) is 5.32 Å². The van der Waals surface area contributed by atoms with Gasteiger partial charge in [0.1, 0.15) is 11.8 Å². The number of rotatable bonds is 3. The lowest BCUT2D eigenvalue weighted by Crippen LogP contribution is -2.36. The number of nitrogens with one attached hydrogen (secondary N) is 1. The number of nitro benzene ring substituents is 1. The van der Waals surface area contributed by atoms with Crippen molar-refractivity contribution in [2.75, 3.05) is 13.7 Å². The van der Waals surface area contributed by atoms with E-state index in [2.05, 4.69) is 5.32 Å². The van der Waals surface area contributed by atoms with Crippen molar-refractivity contribution in [2.24, 2.45) is 5.92 Å². The number of fused-ring (bicyclic) bond motifs is 3. The largest absolute Gasteiger partial charge is 0.493 e. The first kappa shape index (κ1) is 16.5. The molecule has 2 aliphatic heterocycles. The first-order valence-corrected chi connectivity index (χ1v) is 8.40. The highest BCUT2D eigenvalue weighted by atomic mass is 16.6. The summed E-state index contributed by atoms with van der Waals surface area (Å²) in [7, 11) is 1.36. The van der Waals surface area contributed by atoms with Crippen LogP contribution in [0.1, 0.15) is 23.1 Å². The summed E-state index contributed by atoms with van der Waals surface area (Å²) in [5.74, 6) is 0.298. The van der Waals surface area contributed by atoms with Crippen molar-refractivity contribution < 1.29 is 19.2 Å². The SMILES string of the molecule is COC(=O)[C@H]1N[C@H]2c3ccccc3OC[C@@H]2[C@H]1c1ccc([N+](=O)[O-])cc1. The molecular formula is C19H18N2O5. The number of nitrogens with zero attached hydrogens (tertiary/aromatic N) is 1. The van der Waals surface area contributed by atoms with Crippen molar-refractivity contribution in [1.29, 1.82) is 0 Å². The van der Waals surface area contributed by atoms with E-state index in [9.17, 15) is 14.9 Å². The van der Waals surface area contributed by atoms with E-state index >= 15 is 0 Å². The second-order valence-electron chi connectivity index (χ2n) is 6.53. The molecule has 1 saturated heterocycles. The third-order valence-electron chi connectivity index (χ3n) is 5.24. The Morgan fingerprint density at radius 2 is 1.96 bits per heavy atom. The van der Waals surface area contributed by atoms with Crippen LogP contribution in [0, 0.1) is 16.0 Å². The summed E-state index contributed by atoms with van der Waals surface area (Å²) in [5, 5.41) is 14.3. The molecule has 1 fully saturated rings. The van der Waals surface area contributed by atoms with Gasteiger partial charge in [-0.15, -0.1) is 0 Å². The molecule has 2 aliphatic rings. The fourth-order valence-electron chi connectivity index (χ4n) is 4.05. The van der Waals surface area contributed by atoms with Crippen LogP contribution in [0.25, 0.3) is 0 Å². The van der Waals surface area contributed by atoms with Crippen LogP contribution in [0.15, 0.2) is 48.5 Å². The zero-order valence-corrected chi connectivity index (χ0v) is 14.1. The van der Waals surface area contributed by atoms with Crippen molar-refractivity contribution in [3.63, 3.8) is 0 Å². The number of methoxy groups -OCH3 is 1. The highest BCUT2D eigenvalue weighted by Crippen LogP contribution is 2.48. The van der Waals surface area contributed by atoms with E-state index < -0.39 is 11.0 Å². The third kappa shape index (κ3) is 2.61. The van der Waals surface area contributed by atoms with Gasteiger partial charge in [0, 0.05) is 35.6 Å². The predicted octanol–water partition coefficient (Wildman–Crippen LogP) is 2.57. The number of para-hydroxylation sites is 1. The highest BCUT2D eigenvalue weighted by molar-refractivity contribution is 5.78. The molecule has 2 aromatic rings. The second kappa shape index (κ2) is 6.42. The molecule has 0 aliphatic carbocycles. The molecule has 134 valence electrons. The van der Waals surface area contributed by atoms with E-state index in [1.807, 2.05) is 24.3 Å². The van der Waals surface area contributed by atoms with Gasteiger partial charge in [-0.05, 0) is 11.6 Å². The van der Waals surface area contributed by atoms with E-state index in [4.69, 9.17) is 9.47 Å². The van der Waals surface area contributed by atoms with Gasteiger partial charge in [-0.3, -0.25) is 20.2 Å². The third-order valence-corrected chi connectivity index (χ3v) is 5.24. The quantitative estimate of drug-likeness (QED) is 0.517. The number of hydrogen-bond acceptors (Lipinski definition) is 6. The van der Waals surface area contributed by atoms with Crippen LogP contribution in [0.2, 0.25) is 0 Å². The van der Waals surface area contributed by atoms with Crippen LogP contribution < -0.4 is 10.1 Å². The molecule has 0 amide bonds. The lowest BCUT2D eigenvalue weighted by Gasteiger charge is -2.31. The molecule has 0 unspecified atom stereocenters. The van der Waals surface area contributed by atoms with Crippen LogP contribution in [-0.4, -0.2) is 30.7 Å². The van der Waals surface area contributed by atoms with E-state index in [1.54, 1.807) is 12.1 Å². The minimum Gasteiger partial charge on any atom is -0.493 e. The van der Waals surface area contributed by atoms with Gasteiger partial charge in [0.05, 0.1) is 18.6 Å². The number of hydrogen-bond donors (Lipinski definition) is 1. The summed E-state index contributed by atoms with van der Waals surface area (Å²) in [4.78, 5) is 22.9. The maximum absolute atomic E-state index is 12.4. The number of nitro groups is 1. The van der Waals surface area contributed by atoms with Crippen LogP contribution in [-0.2, 0) is 9.53 Å². The van der Waals surface area contributed by atoms with Crippen LogP contribution in [0.3, 0.4) is 0 Å². The Kier molecular flexibility index (Phi) is 4.08. The Balaban J connectivity index is 1.74. The lowest BCUT2D eigenvalue weighted by atomic mass is 9.79. The summed E-state index contributed by atoms with van der Waals surface area (Å²) < 4.78 is 10.9. The molecule has 0 bridgehead atoms. The van der Waals surface area contributed by atoms with Crippen LogP contribution in [0.5, 0.6) is 5.75 Å². The van der Waals surface area contributed by atoms with Gasteiger partial charge in [-0.25, -0.2) is 0 Å². The monoisotopic (exact) mass is 354 g/mol. The predicted molar refractivity (Wildman–Crippen MR) is 92.9 cm³/mol. The number of carbonyl (C=O) groups excluding carboxylic acids is 1. The Labute approximate surface area is 150 Å². The molecular weight excluding hydrogens is 336 g/mol. The molecule has 4 rings (SSSR count). The number of esters is 1. The summed E-state index contributed by atoms with van der Waals surface area (Å²) in [6.45, 7) is 0.462. The van der Waals surface area contributed by atoms with Gasteiger partial charge in [-0.2, -0.15) is 0 Å². The Morgan fingerprint density at radius 1 is 1.23 bits per heavy atom. The first-order valence-electron chi connectivity index (χ1n) is 8.40. The molecule has 0 radical (unpaired) electrons. The molecule has 0 saturated carbocycles. The normalized spacial score (nSPS) is 26.3. The molecule has 7 heteroatoms. The zero-order valence-electron chi connectivity index (χ0n) is 14.1. The van der Waals surface area contributed by atoms with Gasteiger partial charge in [-0.1, -0.05) is 30.3 Å². The second-order valence-corrected chi connectivity index (χ2v) is 6.53. The van der Waals surface area contributed by atoms with Crippen molar-refractivity contribution >= 4 is 11.7 Å². The summed E-state index contributed by atoms with van der Waals surface area (Å²) >= 11 is 0. The number of benzene rings is 2. The highest BCUT2D eigenvalue weighted by Gasteiger charge is 2.50. The first-order chi connectivity index (χ1) is 12.6. The van der Waals surface area contributed by atoms with Gasteiger partial charge in [0.15, 0.2) is 0 Å². The molecule has 1 N–H and O–H groups in total. The van der Waals surface area contributed by atoms with E-state index in [-0.39, 0.29) is 29.5 Å². The Hall–Kier alpha value is -2.93. The average Bonchev–Trinajstić information content (AvgIpc) is 3.07. The van der Waals surface area contributed by atoms with Crippen molar-refractivity contribution in [3.05, 3.63) is 69.8 Å². The Bertz CT molecular complexity index is 851. The molecule has 4 atom stereocenters. The minimum atomic E-state index is -0.536. The summed E-state index contributed by atoms with van der Waals surface area (Å²) in [5.41, 5.74) is 1.90. The van der Waals surface area contributed by atoms with Crippen molar-refractivity contribution in [2.45, 2.75) is 18.0 Å². The average molecular weight is 354 g/mol. The summed E-state index contributed by atoms with van der Waals surface area (Å²) in [6.07, 6.45) is 0. The van der Waals surface area contributed by atoms with Crippen molar-refractivity contribution in [3.8, 4) is 5.75 Å². The Morgan fingerprint density at radius 3 is 2.65 bits per heavy atom. The van der Waals surface area contributed by atoms with E-state index in [0.29, 0.717) is 6.61 Å². The van der Waals surface area contributed by atoms with E-state index in [0.717, 1.165) is 16.9 Å². The molecule has 7 nitrogen and oxygen atoms in total. The van der Waals surface area contributed by atoms with E-state index in [1.165, 1.54) is 19.2 Å². The number of non-ortho nitro benzene ring substituents is 1. The fourth-order valence-corrected chi connectivity index (χ4v) is 4.05. The topological polar surface area (TPSA) is 90.7 Å². The molecule has 0 spiro atoms. The maximum Gasteiger partial charge on any atom is 0.323 e.